The predicted molar refractivity (Wildman–Crippen MR) is 78.5 cm³/mol. The van der Waals surface area contributed by atoms with Crippen molar-refractivity contribution < 1.29 is 14.3 Å². The number of hydrogen-bond acceptors (Lipinski definition) is 6. The van der Waals surface area contributed by atoms with Gasteiger partial charge in [0, 0.05) is 0 Å². The van der Waals surface area contributed by atoms with E-state index in [0.717, 1.165) is 11.3 Å². The van der Waals surface area contributed by atoms with Crippen LogP contribution in [0.4, 0.5) is 5.82 Å². The van der Waals surface area contributed by atoms with Gasteiger partial charge in [-0.3, -0.25) is 0 Å². The van der Waals surface area contributed by atoms with Gasteiger partial charge in [0.1, 0.15) is 18.2 Å². The second-order valence-corrected chi connectivity index (χ2v) is 4.37. The van der Waals surface area contributed by atoms with Crippen LogP contribution >= 0.6 is 0 Å². The smallest absolute Gasteiger partial charge is 0.358 e. The van der Waals surface area contributed by atoms with Crippen LogP contribution in [0.25, 0.3) is 0 Å². The van der Waals surface area contributed by atoms with Crippen LogP contribution in [0.1, 0.15) is 16.1 Å². The van der Waals surface area contributed by atoms with E-state index in [1.54, 1.807) is 0 Å². The van der Waals surface area contributed by atoms with Crippen molar-refractivity contribution in [2.24, 2.45) is 0 Å². The summed E-state index contributed by atoms with van der Waals surface area (Å²) < 4.78 is 10.2. The lowest BCUT2D eigenvalue weighted by Crippen LogP contribution is -2.13. The zero-order valence-corrected chi connectivity index (χ0v) is 12.0. The van der Waals surface area contributed by atoms with Crippen LogP contribution in [0, 0.1) is 6.92 Å². The number of hydrogen-bond donors (Lipinski definition) is 1. The minimum Gasteiger partial charge on any atom is -0.492 e. The summed E-state index contributed by atoms with van der Waals surface area (Å²) in [6.07, 6.45) is 2.86. The van der Waals surface area contributed by atoms with Crippen molar-refractivity contribution in [3.05, 3.63) is 47.9 Å². The average Bonchev–Trinajstić information content (AvgIpc) is 2.51. The Morgan fingerprint density at radius 2 is 2.14 bits per heavy atom. The Hall–Kier alpha value is -2.63. The molecule has 2 rings (SSSR count). The van der Waals surface area contributed by atoms with E-state index in [1.807, 2.05) is 31.2 Å². The van der Waals surface area contributed by atoms with Crippen molar-refractivity contribution in [1.82, 2.24) is 9.97 Å². The van der Waals surface area contributed by atoms with Crippen molar-refractivity contribution in [2.45, 2.75) is 6.92 Å². The lowest BCUT2D eigenvalue weighted by molar-refractivity contribution is 0.0593. The van der Waals surface area contributed by atoms with Crippen molar-refractivity contribution in [2.75, 3.05) is 25.6 Å². The SMILES string of the molecule is COC(=O)c1cnc(NCCOc2cccc(C)c2)cn1. The molecule has 1 heterocycles. The van der Waals surface area contributed by atoms with Crippen LogP contribution < -0.4 is 10.1 Å². The van der Waals surface area contributed by atoms with E-state index in [2.05, 4.69) is 20.0 Å². The van der Waals surface area contributed by atoms with E-state index < -0.39 is 5.97 Å². The van der Waals surface area contributed by atoms with Gasteiger partial charge in [-0.1, -0.05) is 12.1 Å². The summed E-state index contributed by atoms with van der Waals surface area (Å²) in [7, 11) is 1.30. The fourth-order valence-electron chi connectivity index (χ4n) is 1.68. The molecular weight excluding hydrogens is 270 g/mol. The predicted octanol–water partition coefficient (Wildman–Crippen LogP) is 2.06. The topological polar surface area (TPSA) is 73.3 Å². The minimum atomic E-state index is -0.503. The Morgan fingerprint density at radius 3 is 2.81 bits per heavy atom. The third-order valence-electron chi connectivity index (χ3n) is 2.71. The summed E-state index contributed by atoms with van der Waals surface area (Å²) in [5.74, 6) is 0.913. The molecule has 0 radical (unpaired) electrons. The third kappa shape index (κ3) is 4.45. The number of nitrogens with one attached hydrogen (secondary N) is 1. The Morgan fingerprint density at radius 1 is 1.29 bits per heavy atom. The van der Waals surface area contributed by atoms with Crippen molar-refractivity contribution in [1.29, 1.82) is 0 Å². The second kappa shape index (κ2) is 7.23. The number of carbonyl (C=O) groups excluding carboxylic acids is 1. The maximum Gasteiger partial charge on any atom is 0.358 e. The quantitative estimate of drug-likeness (QED) is 0.647. The number of aryl methyl sites for hydroxylation is 1. The van der Waals surface area contributed by atoms with Gasteiger partial charge < -0.3 is 14.8 Å². The maximum atomic E-state index is 11.2. The zero-order valence-electron chi connectivity index (χ0n) is 12.0. The molecular formula is C15H17N3O3. The number of rotatable bonds is 6. The van der Waals surface area contributed by atoms with E-state index in [9.17, 15) is 4.79 Å². The third-order valence-corrected chi connectivity index (χ3v) is 2.71. The summed E-state index contributed by atoms with van der Waals surface area (Å²) in [5.41, 5.74) is 1.34. The maximum absolute atomic E-state index is 11.2. The summed E-state index contributed by atoms with van der Waals surface area (Å²) in [4.78, 5) is 19.2. The van der Waals surface area contributed by atoms with Gasteiger partial charge >= 0.3 is 5.97 Å². The number of esters is 1. The number of carbonyl (C=O) groups is 1. The minimum absolute atomic E-state index is 0.180. The number of benzene rings is 1. The van der Waals surface area contributed by atoms with Gasteiger partial charge in [-0.25, -0.2) is 14.8 Å². The Labute approximate surface area is 123 Å². The van der Waals surface area contributed by atoms with Gasteiger partial charge in [0.05, 0.1) is 26.0 Å². The molecule has 2 aromatic rings. The highest BCUT2D eigenvalue weighted by molar-refractivity contribution is 5.86. The molecule has 6 heteroatoms. The second-order valence-electron chi connectivity index (χ2n) is 4.37. The zero-order chi connectivity index (χ0) is 15.1. The molecule has 6 nitrogen and oxygen atoms in total. The summed E-state index contributed by atoms with van der Waals surface area (Å²) in [5, 5.41) is 3.06. The molecule has 0 bridgehead atoms. The number of methoxy groups -OCH3 is 1. The summed E-state index contributed by atoms with van der Waals surface area (Å²) in [6.45, 7) is 3.10. The van der Waals surface area contributed by atoms with E-state index in [4.69, 9.17) is 4.74 Å². The Bertz CT molecular complexity index is 599. The molecule has 0 fully saturated rings. The van der Waals surface area contributed by atoms with Crippen LogP contribution in [0.2, 0.25) is 0 Å². The van der Waals surface area contributed by atoms with Gasteiger partial charge in [-0.05, 0) is 24.6 Å². The first-order valence-corrected chi connectivity index (χ1v) is 6.53. The van der Waals surface area contributed by atoms with E-state index in [0.29, 0.717) is 19.0 Å². The molecule has 0 saturated carbocycles. The van der Waals surface area contributed by atoms with E-state index in [-0.39, 0.29) is 5.69 Å². The van der Waals surface area contributed by atoms with Crippen molar-refractivity contribution in [3.63, 3.8) is 0 Å². The molecule has 1 aromatic heterocycles. The first kappa shape index (κ1) is 14.8. The number of anilines is 1. The normalized spacial score (nSPS) is 10.0. The van der Waals surface area contributed by atoms with Crippen LogP contribution in [-0.4, -0.2) is 36.2 Å². The van der Waals surface area contributed by atoms with E-state index >= 15 is 0 Å². The first-order valence-electron chi connectivity index (χ1n) is 6.53. The number of aromatic nitrogens is 2. The Kier molecular flexibility index (Phi) is 5.09. The van der Waals surface area contributed by atoms with Gasteiger partial charge in [-0.2, -0.15) is 0 Å². The molecule has 0 amide bonds. The molecule has 0 aliphatic carbocycles. The van der Waals surface area contributed by atoms with Crippen LogP contribution in [0.3, 0.4) is 0 Å². The van der Waals surface area contributed by atoms with Crippen LogP contribution in [-0.2, 0) is 4.74 Å². The Balaban J connectivity index is 1.77. The average molecular weight is 287 g/mol. The molecule has 0 spiro atoms. The molecule has 110 valence electrons. The first-order chi connectivity index (χ1) is 10.2. The van der Waals surface area contributed by atoms with Gasteiger partial charge in [-0.15, -0.1) is 0 Å². The van der Waals surface area contributed by atoms with Crippen LogP contribution in [0.5, 0.6) is 5.75 Å². The number of ether oxygens (including phenoxy) is 2. The van der Waals surface area contributed by atoms with E-state index in [1.165, 1.54) is 19.5 Å². The summed E-state index contributed by atoms with van der Waals surface area (Å²) in [6, 6.07) is 7.86. The van der Waals surface area contributed by atoms with Crippen molar-refractivity contribution in [3.8, 4) is 5.75 Å². The number of nitrogens with zero attached hydrogens (tertiary/aromatic N) is 2. The lowest BCUT2D eigenvalue weighted by atomic mass is 10.2. The molecule has 0 unspecified atom stereocenters. The van der Waals surface area contributed by atoms with Crippen LogP contribution in [0.15, 0.2) is 36.7 Å². The molecule has 1 N–H and O–H groups in total. The lowest BCUT2D eigenvalue weighted by Gasteiger charge is -2.08. The highest BCUT2D eigenvalue weighted by Gasteiger charge is 2.06. The highest BCUT2D eigenvalue weighted by Crippen LogP contribution is 2.12. The molecule has 0 aliphatic heterocycles. The summed E-state index contributed by atoms with van der Waals surface area (Å²) >= 11 is 0. The fourth-order valence-corrected chi connectivity index (χ4v) is 1.68. The fraction of sp³-hybridized carbons (Fsp3) is 0.267. The largest absolute Gasteiger partial charge is 0.492 e. The molecule has 21 heavy (non-hydrogen) atoms. The standard InChI is InChI=1S/C15H17N3O3/c1-11-4-3-5-12(8-11)21-7-6-16-14-10-17-13(9-18-14)15(19)20-2/h3-5,8-10H,6-7H2,1-2H3,(H,16,18). The van der Waals surface area contributed by atoms with Gasteiger partial charge in [0.15, 0.2) is 5.69 Å². The monoisotopic (exact) mass is 287 g/mol. The van der Waals surface area contributed by atoms with Gasteiger partial charge in [0.2, 0.25) is 0 Å². The molecule has 0 atom stereocenters. The molecule has 1 aromatic carbocycles. The highest BCUT2D eigenvalue weighted by atomic mass is 16.5. The van der Waals surface area contributed by atoms with Gasteiger partial charge in [0.25, 0.3) is 0 Å². The molecule has 0 saturated heterocycles. The molecule has 0 aliphatic rings. The van der Waals surface area contributed by atoms with Crippen molar-refractivity contribution >= 4 is 11.8 Å².